The van der Waals surface area contributed by atoms with Crippen molar-refractivity contribution < 1.29 is 10.2 Å². The third kappa shape index (κ3) is 1.94. The molecule has 1 aliphatic heterocycles. The highest BCUT2D eigenvalue weighted by Crippen LogP contribution is 2.35. The molecule has 0 radical (unpaired) electrons. The Kier molecular flexibility index (Phi) is 3.19. The molecule has 5 heteroatoms. The molecule has 0 saturated heterocycles. The standard InChI is InChI=1S/C20H14O2S2Si/c21-13-1-5-15(6-2-13)25(16-7-3-14(22)4-8-16)17-9-11-23-19(17)20-18(25)10-12-24-20/h1-12,21-22H. The van der Waals surface area contributed by atoms with E-state index in [9.17, 15) is 10.2 Å². The van der Waals surface area contributed by atoms with Crippen LogP contribution in [0.15, 0.2) is 71.4 Å². The van der Waals surface area contributed by atoms with E-state index in [0.29, 0.717) is 0 Å². The highest BCUT2D eigenvalue weighted by Gasteiger charge is 2.50. The number of phenolic OH excluding ortho intramolecular Hbond substituents is 2. The topological polar surface area (TPSA) is 40.5 Å². The lowest BCUT2D eigenvalue weighted by Gasteiger charge is -2.29. The SMILES string of the molecule is Oc1ccc([Si]2(c3ccc(O)cc3)c3ccsc3-c3sccc32)cc1. The van der Waals surface area contributed by atoms with Crippen LogP contribution in [0.4, 0.5) is 0 Å². The van der Waals surface area contributed by atoms with Gasteiger partial charge in [-0.05, 0) is 55.8 Å². The molecule has 0 atom stereocenters. The highest BCUT2D eigenvalue weighted by atomic mass is 32.1. The maximum Gasteiger partial charge on any atom is 0.182 e. The van der Waals surface area contributed by atoms with Crippen molar-refractivity contribution in [2.24, 2.45) is 0 Å². The molecule has 25 heavy (non-hydrogen) atoms. The summed E-state index contributed by atoms with van der Waals surface area (Å²) in [6.45, 7) is 0. The zero-order valence-electron chi connectivity index (χ0n) is 13.1. The smallest absolute Gasteiger partial charge is 0.182 e. The number of thiophene rings is 2. The first kappa shape index (κ1) is 15.0. The summed E-state index contributed by atoms with van der Waals surface area (Å²) in [4.78, 5) is 2.75. The predicted octanol–water partition coefficient (Wildman–Crippen LogP) is 2.58. The van der Waals surface area contributed by atoms with Gasteiger partial charge in [-0.2, -0.15) is 0 Å². The van der Waals surface area contributed by atoms with E-state index in [4.69, 9.17) is 0 Å². The van der Waals surface area contributed by atoms with Crippen LogP contribution in [0, 0.1) is 0 Å². The van der Waals surface area contributed by atoms with Gasteiger partial charge in [0.15, 0.2) is 8.07 Å². The fourth-order valence-electron chi connectivity index (χ4n) is 3.92. The molecular formula is C20H14O2S2Si. The first-order valence-electron chi connectivity index (χ1n) is 7.96. The molecule has 1 aliphatic rings. The zero-order chi connectivity index (χ0) is 17.0. The number of aromatic hydroxyl groups is 2. The molecule has 0 bridgehead atoms. The Labute approximate surface area is 154 Å². The summed E-state index contributed by atoms with van der Waals surface area (Å²) in [5.74, 6) is 0.570. The second kappa shape index (κ2) is 5.33. The molecule has 2 nitrogen and oxygen atoms in total. The summed E-state index contributed by atoms with van der Waals surface area (Å²) in [7, 11) is -2.37. The maximum atomic E-state index is 9.79. The van der Waals surface area contributed by atoms with Crippen LogP contribution in [0.3, 0.4) is 0 Å². The Morgan fingerprint density at radius 2 is 0.960 bits per heavy atom. The number of hydrogen-bond acceptors (Lipinski definition) is 4. The Hall–Kier alpha value is -2.34. The van der Waals surface area contributed by atoms with Crippen molar-refractivity contribution in [1.82, 2.24) is 0 Å². The molecular weight excluding hydrogens is 364 g/mol. The van der Waals surface area contributed by atoms with Gasteiger partial charge in [-0.1, -0.05) is 36.4 Å². The average Bonchev–Trinajstić information content (AvgIpc) is 3.31. The third-order valence-corrected chi connectivity index (χ3v) is 12.1. The molecule has 0 amide bonds. The van der Waals surface area contributed by atoms with E-state index in [1.807, 2.05) is 0 Å². The Morgan fingerprint density at radius 1 is 0.560 bits per heavy atom. The van der Waals surface area contributed by atoms with Gasteiger partial charge >= 0.3 is 0 Å². The second-order valence-electron chi connectivity index (χ2n) is 6.17. The summed E-state index contributed by atoms with van der Waals surface area (Å²) < 4.78 is 0. The van der Waals surface area contributed by atoms with E-state index < -0.39 is 8.07 Å². The van der Waals surface area contributed by atoms with Crippen LogP contribution in [0.5, 0.6) is 11.5 Å². The molecule has 3 heterocycles. The van der Waals surface area contributed by atoms with Crippen LogP contribution < -0.4 is 20.7 Å². The lowest BCUT2D eigenvalue weighted by atomic mass is 10.3. The van der Waals surface area contributed by atoms with Crippen molar-refractivity contribution >= 4 is 51.5 Å². The minimum Gasteiger partial charge on any atom is -0.508 e. The first-order chi connectivity index (χ1) is 12.2. The van der Waals surface area contributed by atoms with E-state index >= 15 is 0 Å². The Morgan fingerprint density at radius 3 is 1.36 bits per heavy atom. The van der Waals surface area contributed by atoms with Crippen molar-refractivity contribution in [2.45, 2.75) is 0 Å². The Bertz CT molecular complexity index is 974. The van der Waals surface area contributed by atoms with E-state index in [-0.39, 0.29) is 11.5 Å². The van der Waals surface area contributed by atoms with E-state index in [1.54, 1.807) is 46.9 Å². The lowest BCUT2D eigenvalue weighted by Crippen LogP contribution is -2.72. The largest absolute Gasteiger partial charge is 0.508 e. The molecule has 2 N–H and O–H groups in total. The summed E-state index contributed by atoms with van der Waals surface area (Å²) >= 11 is 3.61. The van der Waals surface area contributed by atoms with Gasteiger partial charge in [0.25, 0.3) is 0 Å². The van der Waals surface area contributed by atoms with E-state index in [0.717, 1.165) is 0 Å². The quantitative estimate of drug-likeness (QED) is 0.464. The summed E-state index contributed by atoms with van der Waals surface area (Å²) in [6, 6.07) is 19.9. The second-order valence-corrected chi connectivity index (χ2v) is 11.7. The molecule has 2 aromatic carbocycles. The minimum absolute atomic E-state index is 0.285. The van der Waals surface area contributed by atoms with Crippen molar-refractivity contribution in [2.75, 3.05) is 0 Å². The van der Waals surface area contributed by atoms with Crippen LogP contribution in [0.2, 0.25) is 0 Å². The van der Waals surface area contributed by atoms with Crippen molar-refractivity contribution in [1.29, 1.82) is 0 Å². The summed E-state index contributed by atoms with van der Waals surface area (Å²) in [5.41, 5.74) is 0. The molecule has 0 saturated carbocycles. The lowest BCUT2D eigenvalue weighted by molar-refractivity contribution is 0.475. The highest BCUT2D eigenvalue weighted by molar-refractivity contribution is 7.33. The molecule has 0 aliphatic carbocycles. The fourth-order valence-corrected chi connectivity index (χ4v) is 12.2. The van der Waals surface area contributed by atoms with Crippen molar-refractivity contribution in [3.8, 4) is 21.3 Å². The molecule has 5 rings (SSSR count). The van der Waals surface area contributed by atoms with Crippen LogP contribution >= 0.6 is 22.7 Å². The third-order valence-electron chi connectivity index (χ3n) is 4.95. The molecule has 2 aromatic heterocycles. The molecule has 0 fully saturated rings. The Balaban J connectivity index is 1.91. The fraction of sp³-hybridized carbons (Fsp3) is 0. The predicted molar refractivity (Wildman–Crippen MR) is 108 cm³/mol. The van der Waals surface area contributed by atoms with Crippen LogP contribution in [0.1, 0.15) is 0 Å². The van der Waals surface area contributed by atoms with E-state index in [2.05, 4.69) is 47.2 Å². The zero-order valence-corrected chi connectivity index (χ0v) is 15.8. The number of rotatable bonds is 2. The number of hydrogen-bond donors (Lipinski definition) is 2. The van der Waals surface area contributed by atoms with Crippen molar-refractivity contribution in [3.63, 3.8) is 0 Å². The van der Waals surface area contributed by atoms with Gasteiger partial charge in [0.2, 0.25) is 0 Å². The molecule has 4 aromatic rings. The maximum absolute atomic E-state index is 9.79. The average molecular weight is 379 g/mol. The van der Waals surface area contributed by atoms with Gasteiger partial charge in [0.05, 0.1) is 0 Å². The van der Waals surface area contributed by atoms with Crippen LogP contribution in [-0.2, 0) is 0 Å². The number of phenols is 2. The molecule has 122 valence electrons. The molecule has 0 unspecified atom stereocenters. The molecule has 0 spiro atoms. The van der Waals surface area contributed by atoms with Gasteiger partial charge in [0, 0.05) is 9.75 Å². The van der Waals surface area contributed by atoms with Gasteiger partial charge in [-0.25, -0.2) is 0 Å². The first-order valence-corrected chi connectivity index (χ1v) is 11.7. The van der Waals surface area contributed by atoms with Crippen molar-refractivity contribution in [3.05, 3.63) is 71.4 Å². The normalized spacial score (nSPS) is 14.2. The van der Waals surface area contributed by atoms with Gasteiger partial charge in [0.1, 0.15) is 11.5 Å². The van der Waals surface area contributed by atoms with Gasteiger partial charge in [-0.15, -0.1) is 22.7 Å². The van der Waals surface area contributed by atoms with Gasteiger partial charge < -0.3 is 10.2 Å². The minimum atomic E-state index is -2.37. The summed E-state index contributed by atoms with van der Waals surface area (Å²) in [5, 5.41) is 29.3. The monoisotopic (exact) mass is 378 g/mol. The van der Waals surface area contributed by atoms with Crippen LogP contribution in [0.25, 0.3) is 9.75 Å². The summed E-state index contributed by atoms with van der Waals surface area (Å²) in [6.07, 6.45) is 0. The van der Waals surface area contributed by atoms with Crippen LogP contribution in [-0.4, -0.2) is 18.3 Å². The van der Waals surface area contributed by atoms with Gasteiger partial charge in [-0.3, -0.25) is 0 Å². The number of fused-ring (bicyclic) bond motifs is 3. The number of benzene rings is 2. The van der Waals surface area contributed by atoms with E-state index in [1.165, 1.54) is 30.5 Å².